The van der Waals surface area contributed by atoms with E-state index in [2.05, 4.69) is 25.4 Å². The topological polar surface area (TPSA) is 98.7 Å². The Balaban J connectivity index is 1.62. The summed E-state index contributed by atoms with van der Waals surface area (Å²) in [5, 5.41) is 6.81. The Morgan fingerprint density at radius 1 is 1.19 bits per heavy atom. The van der Waals surface area contributed by atoms with E-state index in [0.29, 0.717) is 34.3 Å². The lowest BCUT2D eigenvalue weighted by molar-refractivity contribution is 0.102. The number of aryl methyl sites for hydroxylation is 1. The van der Waals surface area contributed by atoms with Crippen molar-refractivity contribution in [2.24, 2.45) is 0 Å². The van der Waals surface area contributed by atoms with E-state index in [1.165, 1.54) is 24.5 Å². The smallest absolute Gasteiger partial charge is 0.275 e. The molecule has 0 bridgehead atoms. The van der Waals surface area contributed by atoms with Crippen LogP contribution in [0, 0.1) is 12.7 Å². The molecule has 0 atom stereocenters. The maximum absolute atomic E-state index is 13.3. The van der Waals surface area contributed by atoms with Crippen LogP contribution in [-0.4, -0.2) is 30.6 Å². The quantitative estimate of drug-likeness (QED) is 0.528. The number of aromatic nitrogens is 5. The number of halogens is 1. The van der Waals surface area contributed by atoms with Crippen molar-refractivity contribution in [3.05, 3.63) is 72.0 Å². The fraction of sp³-hybridized carbons (Fsp3) is 0.227. The van der Waals surface area contributed by atoms with Crippen molar-refractivity contribution < 1.29 is 13.7 Å². The van der Waals surface area contributed by atoms with Crippen LogP contribution < -0.4 is 5.32 Å². The number of carbonyl (C=O) groups excluding carboxylic acids is 1. The van der Waals surface area contributed by atoms with Gasteiger partial charge in [0.1, 0.15) is 17.8 Å². The lowest BCUT2D eigenvalue weighted by Crippen LogP contribution is -2.13. The van der Waals surface area contributed by atoms with E-state index in [1.807, 2.05) is 26.8 Å². The van der Waals surface area contributed by atoms with E-state index >= 15 is 0 Å². The van der Waals surface area contributed by atoms with E-state index < -0.39 is 5.91 Å². The molecule has 0 aliphatic heterocycles. The predicted molar refractivity (Wildman–Crippen MR) is 112 cm³/mol. The summed E-state index contributed by atoms with van der Waals surface area (Å²) in [5.41, 5.74) is 1.67. The first-order chi connectivity index (χ1) is 14.7. The largest absolute Gasteiger partial charge is 0.334 e. The summed E-state index contributed by atoms with van der Waals surface area (Å²) in [5.74, 6) is 0.625. The fourth-order valence-electron chi connectivity index (χ4n) is 2.92. The summed E-state index contributed by atoms with van der Waals surface area (Å²) in [4.78, 5) is 25.7. The first-order valence-corrected chi connectivity index (χ1v) is 9.64. The Morgan fingerprint density at radius 3 is 2.71 bits per heavy atom. The molecule has 1 N–H and O–H groups in total. The Morgan fingerprint density at radius 2 is 2.00 bits per heavy atom. The summed E-state index contributed by atoms with van der Waals surface area (Å²) >= 11 is 0. The summed E-state index contributed by atoms with van der Waals surface area (Å²) in [6.07, 6.45) is 4.67. The van der Waals surface area contributed by atoms with Crippen LogP contribution in [0.2, 0.25) is 0 Å². The van der Waals surface area contributed by atoms with E-state index in [1.54, 1.807) is 30.0 Å². The lowest BCUT2D eigenvalue weighted by Gasteiger charge is -2.11. The van der Waals surface area contributed by atoms with E-state index in [-0.39, 0.29) is 16.9 Å². The van der Waals surface area contributed by atoms with Gasteiger partial charge in [-0.05, 0) is 42.8 Å². The molecule has 8 nitrogen and oxygen atoms in total. The second kappa shape index (κ2) is 7.75. The second-order valence-corrected chi connectivity index (χ2v) is 8.13. The van der Waals surface area contributed by atoms with Gasteiger partial charge in [0.2, 0.25) is 0 Å². The third kappa shape index (κ3) is 4.20. The summed E-state index contributed by atoms with van der Waals surface area (Å²) in [6, 6.07) is 7.73. The monoisotopic (exact) mass is 420 g/mol. The Kier molecular flexibility index (Phi) is 5.10. The zero-order valence-corrected chi connectivity index (χ0v) is 17.5. The lowest BCUT2D eigenvalue weighted by atomic mass is 9.96. The summed E-state index contributed by atoms with van der Waals surface area (Å²) < 4.78 is 20.4. The second-order valence-electron chi connectivity index (χ2n) is 8.13. The number of benzene rings is 1. The maximum atomic E-state index is 13.3. The number of rotatable bonds is 4. The first-order valence-electron chi connectivity index (χ1n) is 9.64. The van der Waals surface area contributed by atoms with Crippen LogP contribution in [0.3, 0.4) is 0 Å². The van der Waals surface area contributed by atoms with E-state index in [9.17, 15) is 9.18 Å². The molecule has 0 saturated carbocycles. The molecular formula is C22H21FN6O2. The van der Waals surface area contributed by atoms with Crippen molar-refractivity contribution >= 4 is 11.6 Å². The van der Waals surface area contributed by atoms with Crippen molar-refractivity contribution in [1.29, 1.82) is 0 Å². The maximum Gasteiger partial charge on any atom is 0.275 e. The van der Waals surface area contributed by atoms with Crippen LogP contribution in [0.15, 0.2) is 53.6 Å². The van der Waals surface area contributed by atoms with Crippen molar-refractivity contribution in [3.63, 3.8) is 0 Å². The third-order valence-electron chi connectivity index (χ3n) is 4.61. The zero-order valence-electron chi connectivity index (χ0n) is 17.5. The van der Waals surface area contributed by atoms with Crippen LogP contribution in [0.4, 0.5) is 10.1 Å². The normalized spacial score (nSPS) is 11.5. The molecule has 0 spiro atoms. The number of imidazole rings is 1. The Hall–Kier alpha value is -3.88. The Bertz CT molecular complexity index is 1250. The molecule has 0 fully saturated rings. The highest BCUT2D eigenvalue weighted by Gasteiger charge is 2.23. The number of nitrogens with one attached hydrogen (secondary N) is 1. The van der Waals surface area contributed by atoms with Crippen molar-refractivity contribution in [2.75, 3.05) is 5.32 Å². The van der Waals surface area contributed by atoms with Gasteiger partial charge in [0.05, 0.1) is 5.56 Å². The van der Waals surface area contributed by atoms with Crippen LogP contribution >= 0.6 is 0 Å². The van der Waals surface area contributed by atoms with E-state index in [0.717, 1.165) is 0 Å². The van der Waals surface area contributed by atoms with Gasteiger partial charge in [-0.25, -0.2) is 14.4 Å². The molecule has 3 heterocycles. The summed E-state index contributed by atoms with van der Waals surface area (Å²) in [6.45, 7) is 7.70. The molecule has 4 rings (SSSR count). The van der Waals surface area contributed by atoms with Gasteiger partial charge < -0.3 is 9.84 Å². The zero-order chi connectivity index (χ0) is 22.2. The third-order valence-corrected chi connectivity index (χ3v) is 4.61. The molecule has 0 unspecified atom stereocenters. The van der Waals surface area contributed by atoms with Crippen molar-refractivity contribution in [3.8, 4) is 17.3 Å². The molecule has 1 amide bonds. The number of hydrogen-bond acceptors (Lipinski definition) is 6. The first kappa shape index (κ1) is 20.4. The minimum atomic E-state index is -0.418. The molecule has 1 aromatic carbocycles. The van der Waals surface area contributed by atoms with Gasteiger partial charge in [-0.1, -0.05) is 25.9 Å². The molecule has 4 aromatic rings. The molecule has 0 saturated heterocycles. The molecule has 9 heteroatoms. The standard InChI is InChI=1S/C22H21FN6O2/c1-13-10-14(23)7-8-16(13)26-19(30)17-11-29(12-25-17)18-15(6-5-9-24-18)20-27-21(28-31-20)22(2,3)4/h5-12H,1-4H3,(H,26,30). The SMILES string of the molecule is Cc1cc(F)ccc1NC(=O)c1cn(-c2ncccc2-c2nc(C(C)(C)C)no2)cn1. The highest BCUT2D eigenvalue weighted by molar-refractivity contribution is 6.03. The average Bonchev–Trinajstić information content (AvgIpc) is 3.40. The number of anilines is 1. The minimum absolute atomic E-state index is 0.182. The van der Waals surface area contributed by atoms with Gasteiger partial charge >= 0.3 is 0 Å². The fourth-order valence-corrected chi connectivity index (χ4v) is 2.92. The summed E-state index contributed by atoms with van der Waals surface area (Å²) in [7, 11) is 0. The highest BCUT2D eigenvalue weighted by Crippen LogP contribution is 2.27. The molecule has 0 aliphatic rings. The van der Waals surface area contributed by atoms with Crippen LogP contribution in [0.5, 0.6) is 0 Å². The Labute approximate surface area is 178 Å². The molecule has 0 aliphatic carbocycles. The van der Waals surface area contributed by atoms with Crippen LogP contribution in [0.25, 0.3) is 17.3 Å². The van der Waals surface area contributed by atoms with Gasteiger partial charge in [0, 0.05) is 23.5 Å². The predicted octanol–water partition coefficient (Wildman–Crippen LogP) is 4.31. The van der Waals surface area contributed by atoms with Gasteiger partial charge in [0.25, 0.3) is 11.8 Å². The molecular weight excluding hydrogens is 399 g/mol. The molecule has 158 valence electrons. The van der Waals surface area contributed by atoms with Gasteiger partial charge in [-0.2, -0.15) is 4.98 Å². The molecule has 0 radical (unpaired) electrons. The number of hydrogen-bond donors (Lipinski definition) is 1. The van der Waals surface area contributed by atoms with Crippen LogP contribution in [-0.2, 0) is 5.41 Å². The number of pyridine rings is 1. The highest BCUT2D eigenvalue weighted by atomic mass is 19.1. The molecule has 3 aromatic heterocycles. The number of carbonyl (C=O) groups is 1. The van der Waals surface area contributed by atoms with Crippen molar-refractivity contribution in [2.45, 2.75) is 33.1 Å². The minimum Gasteiger partial charge on any atom is -0.334 e. The van der Waals surface area contributed by atoms with E-state index in [4.69, 9.17) is 4.52 Å². The average molecular weight is 420 g/mol. The van der Waals surface area contributed by atoms with Gasteiger partial charge in [-0.3, -0.25) is 9.36 Å². The van der Waals surface area contributed by atoms with Crippen molar-refractivity contribution in [1.82, 2.24) is 24.7 Å². The van der Waals surface area contributed by atoms with Gasteiger partial charge in [0.15, 0.2) is 11.6 Å². The van der Waals surface area contributed by atoms with Crippen LogP contribution in [0.1, 0.15) is 42.6 Å². The number of nitrogens with zero attached hydrogens (tertiary/aromatic N) is 5. The van der Waals surface area contributed by atoms with Gasteiger partial charge in [-0.15, -0.1) is 0 Å². The molecule has 31 heavy (non-hydrogen) atoms. The number of amides is 1.